The van der Waals surface area contributed by atoms with E-state index in [1.807, 2.05) is 42.3 Å². The molecule has 0 unspecified atom stereocenters. The highest BCUT2D eigenvalue weighted by Gasteiger charge is 2.24. The largest absolute Gasteiger partial charge is 0.370 e. The van der Waals surface area contributed by atoms with Crippen molar-refractivity contribution in [2.45, 2.75) is 13.5 Å². The summed E-state index contributed by atoms with van der Waals surface area (Å²) in [5, 5.41) is 4.69. The number of imidazole rings is 1. The van der Waals surface area contributed by atoms with Gasteiger partial charge in [0.2, 0.25) is 5.78 Å². The SMILES string of the molecule is Cc1nc2c(CN(C)c3ccccc3)cc(Cl)nn2c1C(=O)c1ccc(Cl)cc1F. The van der Waals surface area contributed by atoms with Gasteiger partial charge in [-0.05, 0) is 43.3 Å². The molecule has 30 heavy (non-hydrogen) atoms. The smallest absolute Gasteiger partial charge is 0.216 e. The number of aryl methyl sites for hydroxylation is 1. The van der Waals surface area contributed by atoms with E-state index in [2.05, 4.69) is 10.1 Å². The van der Waals surface area contributed by atoms with E-state index in [0.29, 0.717) is 17.9 Å². The zero-order valence-electron chi connectivity index (χ0n) is 16.2. The van der Waals surface area contributed by atoms with Crippen LogP contribution in [0.5, 0.6) is 0 Å². The molecule has 2 heterocycles. The van der Waals surface area contributed by atoms with Crippen LogP contribution in [0.4, 0.5) is 10.1 Å². The minimum Gasteiger partial charge on any atom is -0.370 e. The van der Waals surface area contributed by atoms with Crippen LogP contribution in [0.15, 0.2) is 54.6 Å². The van der Waals surface area contributed by atoms with Crippen LogP contribution in [0.1, 0.15) is 27.3 Å². The van der Waals surface area contributed by atoms with Crippen molar-refractivity contribution in [3.8, 4) is 0 Å². The number of hydrogen-bond donors (Lipinski definition) is 0. The van der Waals surface area contributed by atoms with Gasteiger partial charge in [0, 0.05) is 29.9 Å². The predicted octanol–water partition coefficient (Wildman–Crippen LogP) is 5.35. The molecule has 4 rings (SSSR count). The minimum atomic E-state index is -0.701. The Balaban J connectivity index is 1.80. The van der Waals surface area contributed by atoms with Gasteiger partial charge < -0.3 is 4.90 Å². The Bertz CT molecular complexity index is 1260. The van der Waals surface area contributed by atoms with E-state index in [4.69, 9.17) is 23.2 Å². The molecule has 0 spiro atoms. The molecule has 2 aromatic heterocycles. The minimum absolute atomic E-state index is 0.103. The molecule has 5 nitrogen and oxygen atoms in total. The van der Waals surface area contributed by atoms with Crippen molar-refractivity contribution >= 4 is 40.3 Å². The number of anilines is 1. The van der Waals surface area contributed by atoms with Gasteiger partial charge in [-0.3, -0.25) is 4.79 Å². The lowest BCUT2D eigenvalue weighted by atomic mass is 10.1. The maximum absolute atomic E-state index is 14.4. The maximum Gasteiger partial charge on any atom is 0.216 e. The third-order valence-electron chi connectivity index (χ3n) is 4.80. The van der Waals surface area contributed by atoms with Crippen LogP contribution in [0.25, 0.3) is 5.65 Å². The number of nitrogens with zero attached hydrogens (tertiary/aromatic N) is 4. The fraction of sp³-hybridized carbons (Fsp3) is 0.136. The molecule has 0 fully saturated rings. The first-order valence-electron chi connectivity index (χ1n) is 9.16. The van der Waals surface area contributed by atoms with Gasteiger partial charge in [0.25, 0.3) is 0 Å². The lowest BCUT2D eigenvalue weighted by Gasteiger charge is -2.19. The van der Waals surface area contributed by atoms with Crippen molar-refractivity contribution in [3.63, 3.8) is 0 Å². The zero-order chi connectivity index (χ0) is 21.4. The van der Waals surface area contributed by atoms with Crippen molar-refractivity contribution in [1.82, 2.24) is 14.6 Å². The van der Waals surface area contributed by atoms with Crippen LogP contribution in [0.3, 0.4) is 0 Å². The van der Waals surface area contributed by atoms with Crippen molar-refractivity contribution in [3.05, 3.63) is 93.1 Å². The Labute approximate surface area is 182 Å². The van der Waals surface area contributed by atoms with Gasteiger partial charge in [-0.1, -0.05) is 41.4 Å². The molecule has 0 N–H and O–H groups in total. The van der Waals surface area contributed by atoms with Crippen LogP contribution in [-0.4, -0.2) is 27.4 Å². The quantitative estimate of drug-likeness (QED) is 0.390. The molecule has 0 amide bonds. The van der Waals surface area contributed by atoms with E-state index >= 15 is 0 Å². The van der Waals surface area contributed by atoms with Gasteiger partial charge in [-0.15, -0.1) is 0 Å². The van der Waals surface area contributed by atoms with Gasteiger partial charge in [-0.2, -0.15) is 5.10 Å². The fourth-order valence-corrected chi connectivity index (χ4v) is 3.73. The first kappa shape index (κ1) is 20.3. The average molecular weight is 443 g/mol. The van der Waals surface area contributed by atoms with Gasteiger partial charge in [0.1, 0.15) is 11.5 Å². The summed E-state index contributed by atoms with van der Waals surface area (Å²) in [5.74, 6) is -1.24. The number of carbonyl (C=O) groups is 1. The summed E-state index contributed by atoms with van der Waals surface area (Å²) in [6, 6.07) is 15.5. The Kier molecular flexibility index (Phi) is 5.45. The molecular weight excluding hydrogens is 426 g/mol. The lowest BCUT2D eigenvalue weighted by Crippen LogP contribution is -2.18. The number of ketones is 1. The molecule has 0 aliphatic carbocycles. The molecule has 0 saturated carbocycles. The second kappa shape index (κ2) is 8.05. The Hall–Kier alpha value is -2.96. The number of halogens is 3. The van der Waals surface area contributed by atoms with Crippen LogP contribution in [0, 0.1) is 12.7 Å². The normalized spacial score (nSPS) is 11.1. The summed E-state index contributed by atoms with van der Waals surface area (Å²) in [6.07, 6.45) is 0. The lowest BCUT2D eigenvalue weighted by molar-refractivity contribution is 0.102. The molecular formula is C22H17Cl2FN4O. The summed E-state index contributed by atoms with van der Waals surface area (Å²) >= 11 is 12.1. The fourth-order valence-electron chi connectivity index (χ4n) is 3.36. The number of aromatic nitrogens is 3. The third kappa shape index (κ3) is 3.76. The second-order valence-electron chi connectivity index (χ2n) is 6.92. The van der Waals surface area contributed by atoms with Crippen LogP contribution in [-0.2, 0) is 6.54 Å². The molecule has 2 aromatic carbocycles. The number of benzene rings is 2. The number of para-hydroxylation sites is 1. The molecule has 0 aliphatic rings. The first-order valence-corrected chi connectivity index (χ1v) is 9.91. The average Bonchev–Trinajstić information content (AvgIpc) is 3.04. The highest BCUT2D eigenvalue weighted by Crippen LogP contribution is 2.25. The summed E-state index contributed by atoms with van der Waals surface area (Å²) in [6.45, 7) is 2.18. The molecule has 0 atom stereocenters. The summed E-state index contributed by atoms with van der Waals surface area (Å²) in [5.41, 5.74) is 2.81. The van der Waals surface area contributed by atoms with E-state index in [0.717, 1.165) is 17.3 Å². The number of rotatable bonds is 5. The number of carbonyl (C=O) groups excluding carboxylic acids is 1. The van der Waals surface area contributed by atoms with Gasteiger partial charge in [0.15, 0.2) is 10.8 Å². The van der Waals surface area contributed by atoms with Crippen LogP contribution in [0.2, 0.25) is 10.2 Å². The Morgan fingerprint density at radius 2 is 1.87 bits per heavy atom. The highest BCUT2D eigenvalue weighted by atomic mass is 35.5. The van der Waals surface area contributed by atoms with Crippen LogP contribution < -0.4 is 4.90 Å². The standard InChI is InChI=1S/C22H17Cl2FN4O/c1-13-20(21(30)17-9-8-15(23)11-18(17)25)29-22(26-13)14(10-19(24)27-29)12-28(2)16-6-4-3-5-7-16/h3-11H,12H2,1-2H3. The molecule has 0 saturated heterocycles. The Morgan fingerprint density at radius 3 is 2.57 bits per heavy atom. The predicted molar refractivity (Wildman–Crippen MR) is 116 cm³/mol. The first-order chi connectivity index (χ1) is 14.3. The third-order valence-corrected chi connectivity index (χ3v) is 5.22. The molecule has 8 heteroatoms. The second-order valence-corrected chi connectivity index (χ2v) is 7.74. The summed E-state index contributed by atoms with van der Waals surface area (Å²) < 4.78 is 15.7. The highest BCUT2D eigenvalue weighted by molar-refractivity contribution is 6.30. The monoisotopic (exact) mass is 442 g/mol. The van der Waals surface area contributed by atoms with Crippen molar-refractivity contribution in [2.75, 3.05) is 11.9 Å². The van der Waals surface area contributed by atoms with E-state index in [1.54, 1.807) is 13.0 Å². The van der Waals surface area contributed by atoms with Crippen molar-refractivity contribution in [1.29, 1.82) is 0 Å². The molecule has 0 radical (unpaired) electrons. The summed E-state index contributed by atoms with van der Waals surface area (Å²) in [4.78, 5) is 19.7. The molecule has 152 valence electrons. The van der Waals surface area contributed by atoms with E-state index in [9.17, 15) is 9.18 Å². The van der Waals surface area contributed by atoms with Gasteiger partial charge >= 0.3 is 0 Å². The number of hydrogen-bond acceptors (Lipinski definition) is 4. The van der Waals surface area contributed by atoms with E-state index < -0.39 is 11.6 Å². The molecule has 0 bridgehead atoms. The van der Waals surface area contributed by atoms with Crippen LogP contribution >= 0.6 is 23.2 Å². The van der Waals surface area contributed by atoms with Gasteiger partial charge in [-0.25, -0.2) is 13.9 Å². The van der Waals surface area contributed by atoms with Crippen molar-refractivity contribution in [2.24, 2.45) is 0 Å². The molecule has 0 aliphatic heterocycles. The Morgan fingerprint density at radius 1 is 1.13 bits per heavy atom. The topological polar surface area (TPSA) is 50.5 Å². The summed E-state index contributed by atoms with van der Waals surface area (Å²) in [7, 11) is 1.95. The maximum atomic E-state index is 14.4. The van der Waals surface area contributed by atoms with Gasteiger partial charge in [0.05, 0.1) is 11.3 Å². The number of fused-ring (bicyclic) bond motifs is 1. The zero-order valence-corrected chi connectivity index (χ0v) is 17.7. The van der Waals surface area contributed by atoms with Crippen molar-refractivity contribution < 1.29 is 9.18 Å². The van der Waals surface area contributed by atoms with E-state index in [1.165, 1.54) is 16.6 Å². The van der Waals surface area contributed by atoms with E-state index in [-0.39, 0.29) is 21.4 Å². The molecule has 4 aromatic rings.